The molecule has 0 aliphatic rings. The van der Waals surface area contributed by atoms with E-state index in [1.807, 2.05) is 24.3 Å². The van der Waals surface area contributed by atoms with Gasteiger partial charge >= 0.3 is 0 Å². The van der Waals surface area contributed by atoms with Crippen LogP contribution in [-0.2, 0) is 0 Å². The van der Waals surface area contributed by atoms with Crippen molar-refractivity contribution >= 4 is 11.6 Å². The Morgan fingerprint density at radius 2 is 2.17 bits per heavy atom. The largest absolute Gasteiger partial charge is 0.495 e. The molecular formula is C10H9ClO. The number of benzene rings is 1. The van der Waals surface area contributed by atoms with E-state index in [0.717, 1.165) is 11.3 Å². The topological polar surface area (TPSA) is 9.23 Å². The van der Waals surface area contributed by atoms with Crippen molar-refractivity contribution in [2.45, 2.75) is 0 Å². The Morgan fingerprint density at radius 1 is 1.42 bits per heavy atom. The molecule has 1 rings (SSSR count). The van der Waals surface area contributed by atoms with E-state index in [4.69, 9.17) is 16.3 Å². The molecule has 0 unspecified atom stereocenters. The molecule has 0 aromatic heterocycles. The minimum atomic E-state index is 0.345. The third-order valence-electron chi connectivity index (χ3n) is 1.40. The highest BCUT2D eigenvalue weighted by Gasteiger charge is 1.95. The van der Waals surface area contributed by atoms with Gasteiger partial charge in [0.05, 0.1) is 18.6 Å². The fourth-order valence-corrected chi connectivity index (χ4v) is 0.943. The molecule has 1 nitrogen and oxygen atoms in total. The van der Waals surface area contributed by atoms with E-state index in [0.29, 0.717) is 5.88 Å². The molecule has 1 aromatic carbocycles. The van der Waals surface area contributed by atoms with Gasteiger partial charge in [0.2, 0.25) is 0 Å². The number of ether oxygens (including phenoxy) is 1. The predicted molar refractivity (Wildman–Crippen MR) is 50.6 cm³/mol. The maximum Gasteiger partial charge on any atom is 0.134 e. The molecule has 0 saturated carbocycles. The molecule has 0 spiro atoms. The van der Waals surface area contributed by atoms with Gasteiger partial charge in [0.15, 0.2) is 0 Å². The molecule has 0 bridgehead atoms. The standard InChI is InChI=1S/C10H9ClO/c1-12-10-7-3-2-5-9(10)6-4-8-11/h2-3,5,7H,8H2,1H3. The molecule has 0 radical (unpaired) electrons. The van der Waals surface area contributed by atoms with Gasteiger partial charge in [0.1, 0.15) is 5.75 Å². The van der Waals surface area contributed by atoms with Gasteiger partial charge in [-0.05, 0) is 12.1 Å². The Bertz CT molecular complexity index is 309. The van der Waals surface area contributed by atoms with E-state index in [9.17, 15) is 0 Å². The van der Waals surface area contributed by atoms with Crippen LogP contribution < -0.4 is 4.74 Å². The molecule has 0 aliphatic carbocycles. The quantitative estimate of drug-likeness (QED) is 0.476. The average molecular weight is 181 g/mol. The zero-order valence-corrected chi connectivity index (χ0v) is 7.56. The summed E-state index contributed by atoms with van der Waals surface area (Å²) in [7, 11) is 1.63. The van der Waals surface area contributed by atoms with Crippen molar-refractivity contribution in [3.63, 3.8) is 0 Å². The van der Waals surface area contributed by atoms with Crippen molar-refractivity contribution in [1.29, 1.82) is 0 Å². The minimum Gasteiger partial charge on any atom is -0.495 e. The maximum atomic E-state index is 5.43. The van der Waals surface area contributed by atoms with Crippen molar-refractivity contribution in [1.82, 2.24) is 0 Å². The molecule has 0 N–H and O–H groups in total. The lowest BCUT2D eigenvalue weighted by Gasteiger charge is -2.00. The van der Waals surface area contributed by atoms with Crippen LogP contribution in [0.25, 0.3) is 0 Å². The Kier molecular flexibility index (Phi) is 3.50. The minimum absolute atomic E-state index is 0.345. The Balaban J connectivity index is 2.97. The van der Waals surface area contributed by atoms with Crippen LogP contribution in [0, 0.1) is 11.8 Å². The third kappa shape index (κ3) is 2.18. The van der Waals surface area contributed by atoms with Crippen LogP contribution in [0.4, 0.5) is 0 Å². The molecule has 0 atom stereocenters. The van der Waals surface area contributed by atoms with Crippen LogP contribution in [0.15, 0.2) is 24.3 Å². The van der Waals surface area contributed by atoms with Gasteiger partial charge in [-0.1, -0.05) is 24.0 Å². The number of hydrogen-bond donors (Lipinski definition) is 0. The first-order valence-electron chi connectivity index (χ1n) is 3.56. The number of para-hydroxylation sites is 1. The van der Waals surface area contributed by atoms with Crippen molar-refractivity contribution in [2.24, 2.45) is 0 Å². The maximum absolute atomic E-state index is 5.43. The van der Waals surface area contributed by atoms with E-state index < -0.39 is 0 Å². The smallest absolute Gasteiger partial charge is 0.134 e. The lowest BCUT2D eigenvalue weighted by molar-refractivity contribution is 0.413. The van der Waals surface area contributed by atoms with Gasteiger partial charge in [-0.3, -0.25) is 0 Å². The van der Waals surface area contributed by atoms with Gasteiger partial charge in [-0.25, -0.2) is 0 Å². The SMILES string of the molecule is COc1ccccc1C#CCCl. The van der Waals surface area contributed by atoms with E-state index in [2.05, 4.69) is 11.8 Å². The second-order valence-electron chi connectivity index (χ2n) is 2.14. The van der Waals surface area contributed by atoms with Crippen LogP contribution in [0.2, 0.25) is 0 Å². The number of methoxy groups -OCH3 is 1. The summed E-state index contributed by atoms with van der Waals surface area (Å²) in [5.74, 6) is 6.81. The number of halogens is 1. The summed E-state index contributed by atoms with van der Waals surface area (Å²) in [5.41, 5.74) is 0.876. The van der Waals surface area contributed by atoms with Crippen molar-refractivity contribution in [2.75, 3.05) is 13.0 Å². The van der Waals surface area contributed by atoms with Crippen LogP contribution in [0.1, 0.15) is 5.56 Å². The molecule has 2 heteroatoms. The van der Waals surface area contributed by atoms with Crippen molar-refractivity contribution in [3.05, 3.63) is 29.8 Å². The first-order chi connectivity index (χ1) is 5.88. The molecule has 0 fully saturated rings. The normalized spacial score (nSPS) is 8.50. The van der Waals surface area contributed by atoms with Gasteiger partial charge in [-0.15, -0.1) is 11.6 Å². The number of hydrogen-bond acceptors (Lipinski definition) is 1. The Labute approximate surface area is 77.3 Å². The zero-order valence-electron chi connectivity index (χ0n) is 6.80. The summed E-state index contributed by atoms with van der Waals surface area (Å²) in [4.78, 5) is 0. The van der Waals surface area contributed by atoms with Crippen LogP contribution >= 0.6 is 11.6 Å². The van der Waals surface area contributed by atoms with Crippen molar-refractivity contribution in [3.8, 4) is 17.6 Å². The van der Waals surface area contributed by atoms with Gasteiger partial charge in [0, 0.05) is 0 Å². The highest BCUT2D eigenvalue weighted by Crippen LogP contribution is 2.15. The molecule has 0 saturated heterocycles. The first kappa shape index (κ1) is 8.96. The summed E-state index contributed by atoms with van der Waals surface area (Å²) >= 11 is 5.43. The predicted octanol–water partition coefficient (Wildman–Crippen LogP) is 2.29. The van der Waals surface area contributed by atoms with E-state index in [1.54, 1.807) is 7.11 Å². The monoisotopic (exact) mass is 180 g/mol. The first-order valence-corrected chi connectivity index (χ1v) is 4.10. The lowest BCUT2D eigenvalue weighted by atomic mass is 10.2. The Morgan fingerprint density at radius 3 is 2.83 bits per heavy atom. The molecule has 12 heavy (non-hydrogen) atoms. The van der Waals surface area contributed by atoms with E-state index >= 15 is 0 Å². The molecule has 1 aromatic rings. The summed E-state index contributed by atoms with van der Waals surface area (Å²) < 4.78 is 5.10. The number of rotatable bonds is 1. The van der Waals surface area contributed by atoms with Crippen LogP contribution in [-0.4, -0.2) is 13.0 Å². The van der Waals surface area contributed by atoms with Gasteiger partial charge in [0.25, 0.3) is 0 Å². The molecule has 0 aliphatic heterocycles. The second-order valence-corrected chi connectivity index (χ2v) is 2.40. The summed E-state index contributed by atoms with van der Waals surface area (Å²) in [6.45, 7) is 0. The van der Waals surface area contributed by atoms with Crippen LogP contribution in [0.3, 0.4) is 0 Å². The van der Waals surface area contributed by atoms with Crippen LogP contribution in [0.5, 0.6) is 5.75 Å². The van der Waals surface area contributed by atoms with Crippen molar-refractivity contribution < 1.29 is 4.74 Å². The molecule has 0 amide bonds. The molecular weight excluding hydrogens is 172 g/mol. The fraction of sp³-hybridized carbons (Fsp3) is 0.200. The lowest BCUT2D eigenvalue weighted by Crippen LogP contribution is -1.86. The molecule has 0 heterocycles. The third-order valence-corrected chi connectivity index (χ3v) is 1.53. The molecule has 62 valence electrons. The second kappa shape index (κ2) is 4.69. The summed E-state index contributed by atoms with van der Waals surface area (Å²) in [6, 6.07) is 7.60. The Hall–Kier alpha value is -1.13. The van der Waals surface area contributed by atoms with E-state index in [-0.39, 0.29) is 0 Å². The van der Waals surface area contributed by atoms with Gasteiger partial charge in [-0.2, -0.15) is 0 Å². The average Bonchev–Trinajstić information content (AvgIpc) is 2.15. The summed E-state index contributed by atoms with van der Waals surface area (Å²) in [5, 5.41) is 0. The zero-order chi connectivity index (χ0) is 8.81. The highest BCUT2D eigenvalue weighted by molar-refractivity contribution is 6.19. The summed E-state index contributed by atoms with van der Waals surface area (Å²) in [6.07, 6.45) is 0. The van der Waals surface area contributed by atoms with E-state index in [1.165, 1.54) is 0 Å². The fourth-order valence-electron chi connectivity index (χ4n) is 0.877. The van der Waals surface area contributed by atoms with Gasteiger partial charge < -0.3 is 4.74 Å². The number of alkyl halides is 1. The highest BCUT2D eigenvalue weighted by atomic mass is 35.5.